The van der Waals surface area contributed by atoms with Crippen LogP contribution in [0, 0.1) is 6.92 Å². The summed E-state index contributed by atoms with van der Waals surface area (Å²) in [5.74, 6) is -0.0906. The van der Waals surface area contributed by atoms with Gasteiger partial charge in [-0.25, -0.2) is 0 Å². The highest BCUT2D eigenvalue weighted by molar-refractivity contribution is 6.31. The molecular weight excluding hydrogens is 268 g/mol. The van der Waals surface area contributed by atoms with E-state index in [0.29, 0.717) is 17.2 Å². The van der Waals surface area contributed by atoms with Gasteiger partial charge in [-0.3, -0.25) is 20.4 Å². The Morgan fingerprint density at radius 2 is 1.95 bits per heavy atom. The van der Waals surface area contributed by atoms with Crippen LogP contribution in [-0.2, 0) is 9.59 Å². The predicted molar refractivity (Wildman–Crippen MR) is 72.9 cm³/mol. The monoisotopic (exact) mass is 284 g/mol. The Bertz CT molecular complexity index is 463. The van der Waals surface area contributed by atoms with Crippen molar-refractivity contribution in [3.8, 4) is 5.75 Å². The van der Waals surface area contributed by atoms with Crippen LogP contribution in [0.3, 0.4) is 0 Å². The Hall–Kier alpha value is -1.75. The molecule has 6 heteroatoms. The summed E-state index contributed by atoms with van der Waals surface area (Å²) in [6.07, 6.45) is 1.10. The fourth-order valence-corrected chi connectivity index (χ4v) is 1.44. The molecule has 2 N–H and O–H groups in total. The Balaban J connectivity index is 2.33. The van der Waals surface area contributed by atoms with Crippen molar-refractivity contribution in [1.82, 2.24) is 10.9 Å². The SMILES string of the molecule is CCCC(=O)NNC(=O)COc1ccc(Cl)c(C)c1. The molecule has 0 radical (unpaired) electrons. The second-order valence-corrected chi connectivity index (χ2v) is 4.45. The van der Waals surface area contributed by atoms with E-state index in [0.717, 1.165) is 12.0 Å². The topological polar surface area (TPSA) is 67.4 Å². The van der Waals surface area contributed by atoms with E-state index in [2.05, 4.69) is 10.9 Å². The van der Waals surface area contributed by atoms with Crippen LogP contribution in [0.15, 0.2) is 18.2 Å². The van der Waals surface area contributed by atoms with Gasteiger partial charge in [0.05, 0.1) is 0 Å². The van der Waals surface area contributed by atoms with Gasteiger partial charge in [0.1, 0.15) is 5.75 Å². The lowest BCUT2D eigenvalue weighted by molar-refractivity contribution is -0.130. The molecule has 0 bridgehead atoms. The van der Waals surface area contributed by atoms with Crippen molar-refractivity contribution in [3.63, 3.8) is 0 Å². The Kier molecular flexibility index (Phi) is 6.15. The van der Waals surface area contributed by atoms with Gasteiger partial charge in [-0.1, -0.05) is 18.5 Å². The van der Waals surface area contributed by atoms with Gasteiger partial charge in [0.2, 0.25) is 5.91 Å². The number of amides is 2. The first-order valence-electron chi connectivity index (χ1n) is 5.99. The smallest absolute Gasteiger partial charge is 0.276 e. The molecule has 104 valence electrons. The summed E-state index contributed by atoms with van der Waals surface area (Å²) < 4.78 is 5.27. The number of nitrogens with one attached hydrogen (secondary N) is 2. The molecule has 2 amide bonds. The van der Waals surface area contributed by atoms with Crippen molar-refractivity contribution < 1.29 is 14.3 Å². The zero-order chi connectivity index (χ0) is 14.3. The normalized spacial score (nSPS) is 9.84. The first-order valence-corrected chi connectivity index (χ1v) is 6.37. The fourth-order valence-electron chi connectivity index (χ4n) is 1.32. The molecule has 1 aromatic carbocycles. The van der Waals surface area contributed by atoms with Crippen LogP contribution in [-0.4, -0.2) is 18.4 Å². The van der Waals surface area contributed by atoms with Crippen molar-refractivity contribution in [2.24, 2.45) is 0 Å². The molecule has 1 rings (SSSR count). The summed E-state index contributed by atoms with van der Waals surface area (Å²) in [5.41, 5.74) is 5.45. The maximum Gasteiger partial charge on any atom is 0.276 e. The zero-order valence-electron chi connectivity index (χ0n) is 11.0. The highest BCUT2D eigenvalue weighted by atomic mass is 35.5. The number of hydrogen-bond donors (Lipinski definition) is 2. The third-order valence-electron chi connectivity index (χ3n) is 2.32. The molecular formula is C13H17ClN2O3. The summed E-state index contributed by atoms with van der Waals surface area (Å²) in [5, 5.41) is 0.642. The van der Waals surface area contributed by atoms with Crippen molar-refractivity contribution in [2.45, 2.75) is 26.7 Å². The minimum absolute atomic E-state index is 0.173. The third-order valence-corrected chi connectivity index (χ3v) is 2.74. The average molecular weight is 285 g/mol. The van der Waals surface area contributed by atoms with Gasteiger partial charge in [0, 0.05) is 11.4 Å². The Morgan fingerprint density at radius 1 is 1.26 bits per heavy atom. The second kappa shape index (κ2) is 7.63. The van der Waals surface area contributed by atoms with Crippen LogP contribution in [0.25, 0.3) is 0 Å². The van der Waals surface area contributed by atoms with Gasteiger partial charge in [0.15, 0.2) is 6.61 Å². The fraction of sp³-hybridized carbons (Fsp3) is 0.385. The number of ether oxygens (including phenoxy) is 1. The summed E-state index contributed by atoms with van der Waals surface area (Å²) in [6.45, 7) is 3.56. The zero-order valence-corrected chi connectivity index (χ0v) is 11.7. The molecule has 0 spiro atoms. The van der Waals surface area contributed by atoms with E-state index in [1.165, 1.54) is 0 Å². The number of benzene rings is 1. The van der Waals surface area contributed by atoms with Crippen molar-refractivity contribution in [3.05, 3.63) is 28.8 Å². The number of carbonyl (C=O) groups excluding carboxylic acids is 2. The van der Waals surface area contributed by atoms with Crippen molar-refractivity contribution in [2.75, 3.05) is 6.61 Å². The molecule has 0 saturated carbocycles. The Labute approximate surface area is 117 Å². The maximum absolute atomic E-state index is 11.4. The summed E-state index contributed by atoms with van der Waals surface area (Å²) in [7, 11) is 0. The lowest BCUT2D eigenvalue weighted by Crippen LogP contribution is -2.43. The van der Waals surface area contributed by atoms with Crippen molar-refractivity contribution >= 4 is 23.4 Å². The van der Waals surface area contributed by atoms with Gasteiger partial charge < -0.3 is 4.74 Å². The molecule has 0 aliphatic carbocycles. The van der Waals surface area contributed by atoms with E-state index in [-0.39, 0.29) is 12.5 Å². The summed E-state index contributed by atoms with van der Waals surface area (Å²) >= 11 is 5.88. The molecule has 5 nitrogen and oxygen atoms in total. The second-order valence-electron chi connectivity index (χ2n) is 4.05. The number of halogens is 1. The lowest BCUT2D eigenvalue weighted by Gasteiger charge is -2.09. The van der Waals surface area contributed by atoms with Crippen LogP contribution in [0.2, 0.25) is 5.02 Å². The number of carbonyl (C=O) groups is 2. The lowest BCUT2D eigenvalue weighted by atomic mass is 10.2. The van der Waals surface area contributed by atoms with Crippen molar-refractivity contribution in [1.29, 1.82) is 0 Å². The first-order chi connectivity index (χ1) is 9.02. The van der Waals surface area contributed by atoms with Gasteiger partial charge in [0.25, 0.3) is 5.91 Å². The third kappa shape index (κ3) is 5.61. The van der Waals surface area contributed by atoms with E-state index >= 15 is 0 Å². The standard InChI is InChI=1S/C13H17ClN2O3/c1-3-4-12(17)15-16-13(18)8-19-10-5-6-11(14)9(2)7-10/h5-7H,3-4,8H2,1-2H3,(H,15,17)(H,16,18). The molecule has 0 unspecified atom stereocenters. The van der Waals surface area contributed by atoms with Crippen LogP contribution < -0.4 is 15.6 Å². The first kappa shape index (κ1) is 15.3. The van der Waals surface area contributed by atoms with Crippen LogP contribution in [0.4, 0.5) is 0 Å². The van der Waals surface area contributed by atoms with Crippen LogP contribution in [0.5, 0.6) is 5.75 Å². The Morgan fingerprint density at radius 3 is 2.58 bits per heavy atom. The van der Waals surface area contributed by atoms with E-state index in [4.69, 9.17) is 16.3 Å². The van der Waals surface area contributed by atoms with Gasteiger partial charge in [-0.15, -0.1) is 0 Å². The molecule has 0 atom stereocenters. The molecule has 0 fully saturated rings. The number of hydrogen-bond acceptors (Lipinski definition) is 3. The molecule has 19 heavy (non-hydrogen) atoms. The van der Waals surface area contributed by atoms with E-state index < -0.39 is 5.91 Å². The summed E-state index contributed by atoms with van der Waals surface area (Å²) in [6, 6.07) is 5.12. The summed E-state index contributed by atoms with van der Waals surface area (Å²) in [4.78, 5) is 22.5. The molecule has 0 aromatic heterocycles. The van der Waals surface area contributed by atoms with E-state index in [1.54, 1.807) is 18.2 Å². The highest BCUT2D eigenvalue weighted by Gasteiger charge is 2.05. The minimum atomic E-state index is -0.419. The number of hydrazine groups is 1. The van der Waals surface area contributed by atoms with Gasteiger partial charge in [-0.2, -0.15) is 0 Å². The van der Waals surface area contributed by atoms with E-state index in [1.807, 2.05) is 13.8 Å². The van der Waals surface area contributed by atoms with Crippen LogP contribution in [0.1, 0.15) is 25.3 Å². The average Bonchev–Trinajstić information content (AvgIpc) is 2.38. The minimum Gasteiger partial charge on any atom is -0.484 e. The quantitative estimate of drug-likeness (QED) is 0.813. The van der Waals surface area contributed by atoms with E-state index in [9.17, 15) is 9.59 Å². The predicted octanol–water partition coefficient (Wildman–Crippen LogP) is 1.97. The maximum atomic E-state index is 11.4. The van der Waals surface area contributed by atoms with Gasteiger partial charge >= 0.3 is 0 Å². The molecule has 0 heterocycles. The largest absolute Gasteiger partial charge is 0.484 e. The molecule has 0 aliphatic heterocycles. The molecule has 1 aromatic rings. The molecule has 0 aliphatic rings. The highest BCUT2D eigenvalue weighted by Crippen LogP contribution is 2.20. The number of rotatable bonds is 5. The number of aryl methyl sites for hydroxylation is 1. The molecule has 0 saturated heterocycles. The van der Waals surface area contributed by atoms with Gasteiger partial charge in [-0.05, 0) is 37.1 Å². The van der Waals surface area contributed by atoms with Crippen LogP contribution >= 0.6 is 11.6 Å².